The summed E-state index contributed by atoms with van der Waals surface area (Å²) in [5, 5.41) is 12.7. The lowest BCUT2D eigenvalue weighted by Gasteiger charge is -2.28. The van der Waals surface area contributed by atoms with Gasteiger partial charge in [0.05, 0.1) is 5.60 Å². The average Bonchev–Trinajstić information content (AvgIpc) is 2.44. The van der Waals surface area contributed by atoms with Crippen molar-refractivity contribution in [3.63, 3.8) is 0 Å². The molecular formula is C15H19NO3. The lowest BCUT2D eigenvalue weighted by Crippen LogP contribution is -2.29. The fourth-order valence-corrected chi connectivity index (χ4v) is 2.28. The van der Waals surface area contributed by atoms with E-state index in [0.29, 0.717) is 6.42 Å². The molecule has 0 aliphatic carbocycles. The van der Waals surface area contributed by atoms with Crippen LogP contribution in [0.1, 0.15) is 18.9 Å². The number of fused-ring (bicyclic) bond motifs is 1. The fraction of sp³-hybridized carbons (Fsp3) is 0.400. The molecule has 4 heteroatoms. The summed E-state index contributed by atoms with van der Waals surface area (Å²) in [5.74, 6) is 0. The molecule has 0 aliphatic heterocycles. The number of aliphatic hydroxyl groups is 1. The van der Waals surface area contributed by atoms with E-state index in [-0.39, 0.29) is 0 Å². The van der Waals surface area contributed by atoms with Gasteiger partial charge in [-0.25, -0.2) is 0 Å². The molecule has 0 fully saturated rings. The third kappa shape index (κ3) is 2.92. The normalized spacial score (nSPS) is 14.8. The standard InChI is InChI=1S/C15H19NO3/c1-15(17,9-14(18-2)19-3)13-6-4-5-11-7-8-16-10-12(11)13/h4-8,10,14,17H,9H2,1-3H3. The Morgan fingerprint density at radius 3 is 2.68 bits per heavy atom. The van der Waals surface area contributed by atoms with Gasteiger partial charge < -0.3 is 14.6 Å². The highest BCUT2D eigenvalue weighted by atomic mass is 16.7. The number of aromatic nitrogens is 1. The fourth-order valence-electron chi connectivity index (χ4n) is 2.28. The Bertz CT molecular complexity index is 545. The monoisotopic (exact) mass is 261 g/mol. The largest absolute Gasteiger partial charge is 0.385 e. The summed E-state index contributed by atoms with van der Waals surface area (Å²) in [6, 6.07) is 7.77. The van der Waals surface area contributed by atoms with Gasteiger partial charge in [-0.05, 0) is 23.9 Å². The van der Waals surface area contributed by atoms with E-state index < -0.39 is 11.9 Å². The molecule has 1 unspecified atom stereocenters. The number of methoxy groups -OCH3 is 2. The molecule has 1 heterocycles. The summed E-state index contributed by atoms with van der Waals surface area (Å²) in [4.78, 5) is 4.13. The SMILES string of the molecule is COC(CC(C)(O)c1cccc2ccncc12)OC. The molecule has 0 amide bonds. The summed E-state index contributed by atoms with van der Waals surface area (Å²) in [7, 11) is 3.13. The summed E-state index contributed by atoms with van der Waals surface area (Å²) in [6.07, 6.45) is 3.43. The summed E-state index contributed by atoms with van der Waals surface area (Å²) < 4.78 is 10.3. The van der Waals surface area contributed by atoms with E-state index >= 15 is 0 Å². The Morgan fingerprint density at radius 2 is 2.00 bits per heavy atom. The van der Waals surface area contributed by atoms with Gasteiger partial charge in [-0.15, -0.1) is 0 Å². The highest BCUT2D eigenvalue weighted by Crippen LogP contribution is 2.32. The first kappa shape index (κ1) is 13.9. The van der Waals surface area contributed by atoms with E-state index in [1.165, 1.54) is 0 Å². The second kappa shape index (κ2) is 5.65. The van der Waals surface area contributed by atoms with E-state index in [1.54, 1.807) is 33.5 Å². The van der Waals surface area contributed by atoms with Gasteiger partial charge in [0.15, 0.2) is 6.29 Å². The molecular weight excluding hydrogens is 242 g/mol. The Hall–Kier alpha value is -1.49. The zero-order valence-electron chi connectivity index (χ0n) is 11.5. The van der Waals surface area contributed by atoms with Gasteiger partial charge in [-0.1, -0.05) is 18.2 Å². The molecule has 19 heavy (non-hydrogen) atoms. The van der Waals surface area contributed by atoms with Crippen LogP contribution in [0.5, 0.6) is 0 Å². The third-order valence-corrected chi connectivity index (χ3v) is 3.35. The van der Waals surface area contributed by atoms with E-state index in [0.717, 1.165) is 16.3 Å². The molecule has 0 saturated heterocycles. The van der Waals surface area contributed by atoms with Crippen LogP contribution < -0.4 is 0 Å². The van der Waals surface area contributed by atoms with Crippen molar-refractivity contribution < 1.29 is 14.6 Å². The molecule has 0 spiro atoms. The Kier molecular flexibility index (Phi) is 4.14. The van der Waals surface area contributed by atoms with E-state index in [2.05, 4.69) is 4.98 Å². The van der Waals surface area contributed by atoms with Gasteiger partial charge in [0.2, 0.25) is 0 Å². The molecule has 1 aromatic carbocycles. The first-order chi connectivity index (χ1) is 9.08. The average molecular weight is 261 g/mol. The minimum atomic E-state index is -1.04. The smallest absolute Gasteiger partial charge is 0.159 e. The van der Waals surface area contributed by atoms with Crippen LogP contribution in [0.3, 0.4) is 0 Å². The van der Waals surface area contributed by atoms with E-state index in [9.17, 15) is 5.11 Å². The molecule has 2 rings (SSSR count). The topological polar surface area (TPSA) is 51.6 Å². The van der Waals surface area contributed by atoms with Crippen molar-refractivity contribution in [2.24, 2.45) is 0 Å². The zero-order chi connectivity index (χ0) is 13.9. The number of hydrogen-bond donors (Lipinski definition) is 1. The maximum absolute atomic E-state index is 10.7. The van der Waals surface area contributed by atoms with Crippen LogP contribution in [-0.4, -0.2) is 30.6 Å². The molecule has 4 nitrogen and oxygen atoms in total. The minimum absolute atomic E-state index is 0.355. The van der Waals surface area contributed by atoms with Crippen LogP contribution in [0.15, 0.2) is 36.7 Å². The van der Waals surface area contributed by atoms with Gasteiger partial charge >= 0.3 is 0 Å². The summed E-state index contributed by atoms with van der Waals surface area (Å²) in [6.45, 7) is 1.76. The second-order valence-corrected chi connectivity index (χ2v) is 4.78. The molecule has 2 aromatic rings. The van der Waals surface area contributed by atoms with Crippen LogP contribution in [0.25, 0.3) is 10.8 Å². The number of nitrogens with zero attached hydrogens (tertiary/aromatic N) is 1. The number of benzene rings is 1. The first-order valence-electron chi connectivity index (χ1n) is 6.19. The van der Waals surface area contributed by atoms with Gasteiger partial charge in [0, 0.05) is 38.4 Å². The molecule has 1 atom stereocenters. The predicted octanol–water partition coefficient (Wildman–Crippen LogP) is 2.45. The van der Waals surface area contributed by atoms with Crippen molar-refractivity contribution in [3.8, 4) is 0 Å². The zero-order valence-corrected chi connectivity index (χ0v) is 11.5. The van der Waals surface area contributed by atoms with Crippen LogP contribution in [0.2, 0.25) is 0 Å². The second-order valence-electron chi connectivity index (χ2n) is 4.78. The number of pyridine rings is 1. The number of hydrogen-bond acceptors (Lipinski definition) is 4. The van der Waals surface area contributed by atoms with E-state index in [1.807, 2.05) is 24.3 Å². The quantitative estimate of drug-likeness (QED) is 0.840. The lowest BCUT2D eigenvalue weighted by atomic mass is 9.89. The molecule has 0 saturated carbocycles. The highest BCUT2D eigenvalue weighted by Gasteiger charge is 2.29. The molecule has 0 aliphatic rings. The summed E-state index contributed by atoms with van der Waals surface area (Å²) >= 11 is 0. The van der Waals surface area contributed by atoms with Crippen LogP contribution >= 0.6 is 0 Å². The number of ether oxygens (including phenoxy) is 2. The molecule has 0 bridgehead atoms. The van der Waals surface area contributed by atoms with Crippen LogP contribution in [0, 0.1) is 0 Å². The van der Waals surface area contributed by atoms with Gasteiger partial charge in [-0.2, -0.15) is 0 Å². The third-order valence-electron chi connectivity index (χ3n) is 3.35. The van der Waals surface area contributed by atoms with E-state index in [4.69, 9.17) is 9.47 Å². The predicted molar refractivity (Wildman–Crippen MR) is 73.7 cm³/mol. The highest BCUT2D eigenvalue weighted by molar-refractivity contribution is 5.85. The molecule has 1 aromatic heterocycles. The lowest BCUT2D eigenvalue weighted by molar-refractivity contribution is -0.141. The number of rotatable bonds is 5. The van der Waals surface area contributed by atoms with Crippen molar-refractivity contribution in [3.05, 3.63) is 42.2 Å². The van der Waals surface area contributed by atoms with Crippen molar-refractivity contribution in [1.29, 1.82) is 0 Å². The van der Waals surface area contributed by atoms with Crippen LogP contribution in [-0.2, 0) is 15.1 Å². The molecule has 0 radical (unpaired) electrons. The Balaban J connectivity index is 2.42. The Morgan fingerprint density at radius 1 is 1.26 bits per heavy atom. The van der Waals surface area contributed by atoms with Crippen molar-refractivity contribution in [2.45, 2.75) is 25.2 Å². The molecule has 1 N–H and O–H groups in total. The van der Waals surface area contributed by atoms with Crippen molar-refractivity contribution in [1.82, 2.24) is 4.98 Å². The van der Waals surface area contributed by atoms with Crippen molar-refractivity contribution in [2.75, 3.05) is 14.2 Å². The minimum Gasteiger partial charge on any atom is -0.385 e. The first-order valence-corrected chi connectivity index (χ1v) is 6.19. The van der Waals surface area contributed by atoms with Gasteiger partial charge in [0.1, 0.15) is 0 Å². The van der Waals surface area contributed by atoms with Crippen molar-refractivity contribution >= 4 is 10.8 Å². The van der Waals surface area contributed by atoms with Gasteiger partial charge in [0.25, 0.3) is 0 Å². The Labute approximate surface area is 113 Å². The summed E-state index contributed by atoms with van der Waals surface area (Å²) in [5.41, 5.74) is -0.212. The maximum Gasteiger partial charge on any atom is 0.159 e. The maximum atomic E-state index is 10.7. The van der Waals surface area contributed by atoms with Gasteiger partial charge in [-0.3, -0.25) is 4.98 Å². The molecule has 102 valence electrons. The van der Waals surface area contributed by atoms with Crippen LogP contribution in [0.4, 0.5) is 0 Å².